The molecule has 7 nitrogen and oxygen atoms in total. The molecule has 2 atom stereocenters. The predicted molar refractivity (Wildman–Crippen MR) is 77.2 cm³/mol. The number of carboxylic acids is 1. The Hall–Kier alpha value is -2.44. The lowest BCUT2D eigenvalue weighted by atomic mass is 10.1. The number of aliphatic carboxylic acids is 1. The summed E-state index contributed by atoms with van der Waals surface area (Å²) >= 11 is 0. The monoisotopic (exact) mass is 309 g/mol. The van der Waals surface area contributed by atoms with Crippen LogP contribution in [0.4, 0.5) is 0 Å². The van der Waals surface area contributed by atoms with Gasteiger partial charge in [0.25, 0.3) is 0 Å². The Morgan fingerprint density at radius 2 is 1.73 bits per heavy atom. The highest BCUT2D eigenvalue weighted by Gasteiger charge is 2.48. The topological polar surface area (TPSA) is 94.1 Å². The minimum atomic E-state index is -0.931. The number of carbonyl (C=O) groups is 2. The van der Waals surface area contributed by atoms with Crippen LogP contribution in [-0.2, 0) is 16.1 Å². The first-order valence-electron chi connectivity index (χ1n) is 6.81. The highest BCUT2D eigenvalue weighted by molar-refractivity contribution is 5.89. The molecule has 0 saturated heterocycles. The maximum Gasteiger partial charge on any atom is 0.307 e. The average Bonchev–Trinajstić information content (AvgIpc) is 3.32. The number of ether oxygens (including phenoxy) is 3. The maximum absolute atomic E-state index is 11.9. The Morgan fingerprint density at radius 3 is 2.14 bits per heavy atom. The van der Waals surface area contributed by atoms with Gasteiger partial charge >= 0.3 is 5.97 Å². The molecule has 2 N–H and O–H groups in total. The number of carboxylic acid groups (broad SMARTS) is 1. The standard InChI is InChI=1S/C15H19NO6/c1-20-8-4-12(21-2)11(13(5-8)22-3)7-16-14(17)9-6-10(9)15(18)19/h4-5,9-10H,6-7H2,1-3H3,(H,16,17)(H,18,19). The molecule has 2 unspecified atom stereocenters. The number of carbonyl (C=O) groups excluding carboxylic acids is 1. The molecule has 1 saturated carbocycles. The van der Waals surface area contributed by atoms with E-state index in [0.717, 1.165) is 0 Å². The third-order valence-corrected chi connectivity index (χ3v) is 3.70. The van der Waals surface area contributed by atoms with E-state index in [2.05, 4.69) is 5.32 Å². The fourth-order valence-corrected chi connectivity index (χ4v) is 2.32. The second kappa shape index (κ2) is 6.55. The van der Waals surface area contributed by atoms with Gasteiger partial charge in [0.05, 0.1) is 45.3 Å². The van der Waals surface area contributed by atoms with Crippen molar-refractivity contribution in [1.82, 2.24) is 5.32 Å². The zero-order valence-electron chi connectivity index (χ0n) is 12.7. The molecule has 0 aromatic heterocycles. The molecule has 1 aliphatic rings. The van der Waals surface area contributed by atoms with Crippen molar-refractivity contribution in [2.24, 2.45) is 11.8 Å². The molecule has 1 aliphatic carbocycles. The number of benzene rings is 1. The van der Waals surface area contributed by atoms with Crippen molar-refractivity contribution < 1.29 is 28.9 Å². The highest BCUT2D eigenvalue weighted by Crippen LogP contribution is 2.39. The summed E-state index contributed by atoms with van der Waals surface area (Å²) < 4.78 is 15.7. The van der Waals surface area contributed by atoms with Gasteiger partial charge in [0.1, 0.15) is 17.2 Å². The van der Waals surface area contributed by atoms with Gasteiger partial charge in [-0.3, -0.25) is 9.59 Å². The van der Waals surface area contributed by atoms with Crippen molar-refractivity contribution in [3.8, 4) is 17.2 Å². The molecule has 0 spiro atoms. The van der Waals surface area contributed by atoms with Gasteiger partial charge in [-0.15, -0.1) is 0 Å². The zero-order chi connectivity index (χ0) is 16.3. The van der Waals surface area contributed by atoms with Gasteiger partial charge in [0.2, 0.25) is 5.91 Å². The van der Waals surface area contributed by atoms with Crippen LogP contribution in [0, 0.1) is 11.8 Å². The molecule has 1 fully saturated rings. The number of methoxy groups -OCH3 is 3. The summed E-state index contributed by atoms with van der Waals surface area (Å²) in [5.41, 5.74) is 0.673. The van der Waals surface area contributed by atoms with Gasteiger partial charge in [-0.25, -0.2) is 0 Å². The maximum atomic E-state index is 11.9. The molecule has 0 bridgehead atoms. The molecule has 1 amide bonds. The molecule has 2 rings (SSSR count). The lowest BCUT2D eigenvalue weighted by Crippen LogP contribution is -2.26. The lowest BCUT2D eigenvalue weighted by Gasteiger charge is -2.15. The van der Waals surface area contributed by atoms with Crippen LogP contribution in [0.3, 0.4) is 0 Å². The number of rotatable bonds is 7. The molecule has 22 heavy (non-hydrogen) atoms. The molecular formula is C15H19NO6. The van der Waals surface area contributed by atoms with E-state index in [1.54, 1.807) is 12.1 Å². The first-order chi connectivity index (χ1) is 10.5. The SMILES string of the molecule is COc1cc(OC)c(CNC(=O)C2CC2C(=O)O)c(OC)c1. The molecule has 0 radical (unpaired) electrons. The van der Waals surface area contributed by atoms with Gasteiger partial charge < -0.3 is 24.6 Å². The molecule has 0 aliphatic heterocycles. The van der Waals surface area contributed by atoms with Gasteiger partial charge in [0.15, 0.2) is 0 Å². The minimum Gasteiger partial charge on any atom is -0.496 e. The molecule has 120 valence electrons. The van der Waals surface area contributed by atoms with Crippen molar-refractivity contribution in [3.63, 3.8) is 0 Å². The Balaban J connectivity index is 2.09. The highest BCUT2D eigenvalue weighted by atomic mass is 16.5. The van der Waals surface area contributed by atoms with Crippen molar-refractivity contribution in [2.45, 2.75) is 13.0 Å². The Labute approximate surface area is 128 Å². The summed E-state index contributed by atoms with van der Waals surface area (Å²) in [6, 6.07) is 3.39. The minimum absolute atomic E-state index is 0.192. The molecular weight excluding hydrogens is 290 g/mol. The second-order valence-electron chi connectivity index (χ2n) is 5.02. The molecule has 7 heteroatoms. The van der Waals surface area contributed by atoms with Crippen molar-refractivity contribution in [1.29, 1.82) is 0 Å². The molecule has 1 aromatic carbocycles. The normalized spacial score (nSPS) is 19.2. The van der Waals surface area contributed by atoms with E-state index in [4.69, 9.17) is 19.3 Å². The third-order valence-electron chi connectivity index (χ3n) is 3.70. The first-order valence-corrected chi connectivity index (χ1v) is 6.81. The fourth-order valence-electron chi connectivity index (χ4n) is 2.32. The quantitative estimate of drug-likeness (QED) is 0.782. The summed E-state index contributed by atoms with van der Waals surface area (Å²) in [6.07, 6.45) is 0.387. The van der Waals surface area contributed by atoms with Gasteiger partial charge in [-0.1, -0.05) is 0 Å². The van der Waals surface area contributed by atoms with Crippen molar-refractivity contribution in [2.75, 3.05) is 21.3 Å². The van der Waals surface area contributed by atoms with Gasteiger partial charge in [0, 0.05) is 12.1 Å². The number of hydrogen-bond acceptors (Lipinski definition) is 5. The van der Waals surface area contributed by atoms with Crippen LogP contribution in [0.2, 0.25) is 0 Å². The van der Waals surface area contributed by atoms with E-state index in [0.29, 0.717) is 29.2 Å². The summed E-state index contributed by atoms with van der Waals surface area (Å²) in [6.45, 7) is 0.192. The van der Waals surface area contributed by atoms with Crippen molar-refractivity contribution >= 4 is 11.9 Å². The molecule has 1 aromatic rings. The predicted octanol–water partition coefficient (Wildman–Crippen LogP) is 1.05. The Morgan fingerprint density at radius 1 is 1.14 bits per heavy atom. The van der Waals surface area contributed by atoms with Crippen LogP contribution in [0.25, 0.3) is 0 Å². The fraction of sp³-hybridized carbons (Fsp3) is 0.467. The number of nitrogens with one attached hydrogen (secondary N) is 1. The third kappa shape index (κ3) is 3.24. The summed E-state index contributed by atoms with van der Waals surface area (Å²) in [7, 11) is 4.57. The largest absolute Gasteiger partial charge is 0.496 e. The van der Waals surface area contributed by atoms with E-state index in [1.807, 2.05) is 0 Å². The summed E-state index contributed by atoms with van der Waals surface area (Å²) in [5.74, 6) is -0.583. The van der Waals surface area contributed by atoms with E-state index >= 15 is 0 Å². The number of amides is 1. The summed E-state index contributed by atoms with van der Waals surface area (Å²) in [5, 5.41) is 11.6. The van der Waals surface area contributed by atoms with Crippen LogP contribution in [0.5, 0.6) is 17.2 Å². The second-order valence-corrected chi connectivity index (χ2v) is 5.02. The zero-order valence-corrected chi connectivity index (χ0v) is 12.7. The van der Waals surface area contributed by atoms with Crippen LogP contribution in [0.15, 0.2) is 12.1 Å². The van der Waals surface area contributed by atoms with Crippen LogP contribution in [-0.4, -0.2) is 38.3 Å². The van der Waals surface area contributed by atoms with Gasteiger partial charge in [-0.05, 0) is 6.42 Å². The van der Waals surface area contributed by atoms with E-state index in [1.165, 1.54) is 21.3 Å². The summed E-state index contributed by atoms with van der Waals surface area (Å²) in [4.78, 5) is 22.7. The van der Waals surface area contributed by atoms with Crippen molar-refractivity contribution in [3.05, 3.63) is 17.7 Å². The van der Waals surface area contributed by atoms with E-state index in [-0.39, 0.29) is 12.5 Å². The van der Waals surface area contributed by atoms with E-state index in [9.17, 15) is 9.59 Å². The Kier molecular flexibility index (Phi) is 4.75. The molecule has 0 heterocycles. The lowest BCUT2D eigenvalue weighted by molar-refractivity contribution is -0.140. The van der Waals surface area contributed by atoms with Crippen LogP contribution in [0.1, 0.15) is 12.0 Å². The van der Waals surface area contributed by atoms with Crippen LogP contribution < -0.4 is 19.5 Å². The number of hydrogen-bond donors (Lipinski definition) is 2. The Bertz CT molecular complexity index is 560. The first kappa shape index (κ1) is 15.9. The average molecular weight is 309 g/mol. The van der Waals surface area contributed by atoms with Crippen LogP contribution >= 0.6 is 0 Å². The van der Waals surface area contributed by atoms with E-state index < -0.39 is 17.8 Å². The smallest absolute Gasteiger partial charge is 0.307 e. The van der Waals surface area contributed by atoms with Gasteiger partial charge in [-0.2, -0.15) is 0 Å².